The van der Waals surface area contributed by atoms with Crippen LogP contribution >= 0.6 is 0 Å². The maximum Gasteiger partial charge on any atom is 0.198 e. The quantitative estimate of drug-likeness (QED) is 0.488. The molecule has 5 rings (SSSR count). The lowest BCUT2D eigenvalue weighted by atomic mass is 9.98. The van der Waals surface area contributed by atoms with Crippen molar-refractivity contribution in [3.8, 4) is 28.4 Å². The second kappa shape index (κ2) is 9.96. The van der Waals surface area contributed by atoms with E-state index >= 15 is 0 Å². The first-order valence-electron chi connectivity index (χ1n) is 12.8. The fraction of sp³-hybridized carbons (Fsp3) is 0.536. The van der Waals surface area contributed by atoms with E-state index in [2.05, 4.69) is 24.5 Å². The fourth-order valence-electron chi connectivity index (χ4n) is 5.86. The molecule has 34 heavy (non-hydrogen) atoms. The van der Waals surface area contributed by atoms with E-state index in [1.54, 1.807) is 7.11 Å². The second-order valence-corrected chi connectivity index (χ2v) is 9.66. The van der Waals surface area contributed by atoms with Gasteiger partial charge in [-0.05, 0) is 57.0 Å². The van der Waals surface area contributed by atoms with Crippen molar-refractivity contribution in [3.63, 3.8) is 0 Å². The summed E-state index contributed by atoms with van der Waals surface area (Å²) in [5.74, 6) is 2.99. The zero-order valence-corrected chi connectivity index (χ0v) is 20.5. The van der Waals surface area contributed by atoms with Crippen LogP contribution in [-0.4, -0.2) is 51.3 Å². The monoisotopic (exact) mass is 464 g/mol. The van der Waals surface area contributed by atoms with Gasteiger partial charge >= 0.3 is 0 Å². The Balaban J connectivity index is 1.55. The van der Waals surface area contributed by atoms with Crippen LogP contribution < -0.4 is 24.8 Å². The molecule has 2 N–H and O–H groups in total. The minimum absolute atomic E-state index is 0.0145. The topological polar surface area (TPSA) is 68.8 Å². The largest absolute Gasteiger partial charge is 0.496 e. The number of carbonyl (C=O) groups is 1. The highest BCUT2D eigenvalue weighted by molar-refractivity contribution is 6.25. The van der Waals surface area contributed by atoms with E-state index in [1.165, 1.54) is 0 Å². The van der Waals surface area contributed by atoms with Crippen LogP contribution in [0.1, 0.15) is 55.5 Å². The zero-order chi connectivity index (χ0) is 23.7. The van der Waals surface area contributed by atoms with Crippen LogP contribution in [0.5, 0.6) is 17.2 Å². The van der Waals surface area contributed by atoms with Gasteiger partial charge in [0.2, 0.25) is 0 Å². The Labute approximate surface area is 202 Å². The lowest BCUT2D eigenvalue weighted by Crippen LogP contribution is -2.28. The Hall–Kier alpha value is -2.57. The van der Waals surface area contributed by atoms with Gasteiger partial charge in [0.05, 0.1) is 12.7 Å². The van der Waals surface area contributed by atoms with Crippen molar-refractivity contribution in [2.75, 3.05) is 33.3 Å². The number of ether oxygens (including phenoxy) is 3. The molecule has 6 heteroatoms. The van der Waals surface area contributed by atoms with E-state index in [0.717, 1.165) is 68.7 Å². The van der Waals surface area contributed by atoms with Crippen molar-refractivity contribution in [1.82, 2.24) is 10.6 Å². The summed E-state index contributed by atoms with van der Waals surface area (Å²) >= 11 is 0. The van der Waals surface area contributed by atoms with Gasteiger partial charge in [0.1, 0.15) is 29.5 Å². The Kier molecular flexibility index (Phi) is 6.79. The summed E-state index contributed by atoms with van der Waals surface area (Å²) in [5.41, 5.74) is 2.90. The maximum absolute atomic E-state index is 13.7. The van der Waals surface area contributed by atoms with Gasteiger partial charge in [-0.3, -0.25) is 4.79 Å². The van der Waals surface area contributed by atoms with E-state index in [0.29, 0.717) is 34.5 Å². The summed E-state index contributed by atoms with van der Waals surface area (Å²) in [6.45, 7) is 8.29. The van der Waals surface area contributed by atoms with Gasteiger partial charge in [0, 0.05) is 41.6 Å². The molecule has 4 unspecified atom stereocenters. The van der Waals surface area contributed by atoms with Gasteiger partial charge in [0.15, 0.2) is 5.78 Å². The molecule has 2 aromatic rings. The molecule has 0 aromatic heterocycles. The summed E-state index contributed by atoms with van der Waals surface area (Å²) in [6.07, 6.45) is 4.20. The van der Waals surface area contributed by atoms with Crippen molar-refractivity contribution in [2.45, 2.75) is 51.7 Å². The molecule has 0 saturated carbocycles. The van der Waals surface area contributed by atoms with Crippen molar-refractivity contribution >= 4 is 5.78 Å². The van der Waals surface area contributed by atoms with E-state index < -0.39 is 0 Å². The molecule has 3 aliphatic rings. The number of carbonyl (C=O) groups excluding carboxylic acids is 1. The number of fused-ring (bicyclic) bond motifs is 3. The molecule has 6 nitrogen and oxygen atoms in total. The van der Waals surface area contributed by atoms with Gasteiger partial charge < -0.3 is 24.8 Å². The van der Waals surface area contributed by atoms with Crippen LogP contribution in [0.3, 0.4) is 0 Å². The molecular weight excluding hydrogens is 428 g/mol. The SMILES string of the molecule is CCC(Oc1ccc(OC)c2c1C(=O)c1cccc(OC(CC)C3CCNC3)c1-2)C1CCNC1. The first-order chi connectivity index (χ1) is 16.7. The van der Waals surface area contributed by atoms with Gasteiger partial charge in [-0.15, -0.1) is 0 Å². The second-order valence-electron chi connectivity index (χ2n) is 9.66. The fourth-order valence-corrected chi connectivity index (χ4v) is 5.86. The molecule has 0 bridgehead atoms. The van der Waals surface area contributed by atoms with Gasteiger partial charge in [0.25, 0.3) is 0 Å². The van der Waals surface area contributed by atoms with E-state index in [-0.39, 0.29) is 18.0 Å². The minimum Gasteiger partial charge on any atom is -0.496 e. The summed E-state index contributed by atoms with van der Waals surface area (Å²) in [7, 11) is 1.65. The Morgan fingerprint density at radius 2 is 1.41 bits per heavy atom. The number of nitrogens with one attached hydrogen (secondary N) is 2. The molecule has 4 atom stereocenters. The highest BCUT2D eigenvalue weighted by atomic mass is 16.5. The summed E-state index contributed by atoms with van der Waals surface area (Å²) in [4.78, 5) is 13.7. The molecule has 0 radical (unpaired) electrons. The van der Waals surface area contributed by atoms with Gasteiger partial charge in [-0.25, -0.2) is 0 Å². The van der Waals surface area contributed by atoms with Crippen LogP contribution in [0, 0.1) is 11.8 Å². The van der Waals surface area contributed by atoms with Crippen LogP contribution in [0.15, 0.2) is 30.3 Å². The molecule has 0 amide bonds. The smallest absolute Gasteiger partial charge is 0.198 e. The molecule has 182 valence electrons. The molecule has 2 aromatic carbocycles. The van der Waals surface area contributed by atoms with Crippen molar-refractivity contribution in [3.05, 3.63) is 41.5 Å². The first kappa shape index (κ1) is 23.2. The van der Waals surface area contributed by atoms with Crippen molar-refractivity contribution in [1.29, 1.82) is 0 Å². The molecule has 0 spiro atoms. The van der Waals surface area contributed by atoms with Crippen LogP contribution in [-0.2, 0) is 0 Å². The van der Waals surface area contributed by atoms with Crippen LogP contribution in [0.4, 0.5) is 0 Å². The maximum atomic E-state index is 13.7. The van der Waals surface area contributed by atoms with Crippen molar-refractivity contribution in [2.24, 2.45) is 11.8 Å². The predicted octanol–water partition coefficient (Wildman–Crippen LogP) is 4.44. The number of hydrogen-bond acceptors (Lipinski definition) is 6. The molecule has 2 aliphatic heterocycles. The number of ketones is 1. The number of methoxy groups -OCH3 is 1. The average molecular weight is 465 g/mol. The molecule has 2 saturated heterocycles. The third kappa shape index (κ3) is 4.07. The molecule has 2 fully saturated rings. The Morgan fingerprint density at radius 1 is 0.824 bits per heavy atom. The predicted molar refractivity (Wildman–Crippen MR) is 133 cm³/mol. The Morgan fingerprint density at radius 3 is 1.94 bits per heavy atom. The minimum atomic E-state index is -0.0145. The van der Waals surface area contributed by atoms with E-state index in [1.807, 2.05) is 30.3 Å². The number of rotatable bonds is 9. The highest BCUT2D eigenvalue weighted by Gasteiger charge is 2.37. The molecule has 1 aliphatic carbocycles. The lowest BCUT2D eigenvalue weighted by Gasteiger charge is -2.25. The van der Waals surface area contributed by atoms with E-state index in [9.17, 15) is 4.79 Å². The average Bonchev–Trinajstić information content (AvgIpc) is 3.63. The lowest BCUT2D eigenvalue weighted by molar-refractivity contribution is 0.102. The number of benzene rings is 2. The van der Waals surface area contributed by atoms with Crippen LogP contribution in [0.2, 0.25) is 0 Å². The van der Waals surface area contributed by atoms with Crippen LogP contribution in [0.25, 0.3) is 11.1 Å². The third-order valence-corrected chi connectivity index (χ3v) is 7.71. The standard InChI is InChI=1S/C28H36N2O4/c1-4-20(17-11-13-29-15-17)33-23-8-6-7-19-25(23)26-22(32-3)9-10-24(27(26)28(19)31)34-21(5-2)18-12-14-30-16-18/h6-10,17-18,20-21,29-30H,4-5,11-16H2,1-3H3. The summed E-state index contributed by atoms with van der Waals surface area (Å²) in [5, 5.41) is 6.88. The van der Waals surface area contributed by atoms with Gasteiger partial charge in [-0.2, -0.15) is 0 Å². The Bertz CT molecular complexity index is 1040. The zero-order valence-electron chi connectivity index (χ0n) is 20.5. The summed E-state index contributed by atoms with van der Waals surface area (Å²) in [6, 6.07) is 9.61. The summed E-state index contributed by atoms with van der Waals surface area (Å²) < 4.78 is 18.9. The highest BCUT2D eigenvalue weighted by Crippen LogP contribution is 2.51. The normalized spacial score (nSPS) is 22.9. The van der Waals surface area contributed by atoms with Crippen molar-refractivity contribution < 1.29 is 19.0 Å². The molecule has 2 heterocycles. The first-order valence-corrected chi connectivity index (χ1v) is 12.8. The number of hydrogen-bond donors (Lipinski definition) is 2. The molecular formula is C28H36N2O4. The van der Waals surface area contributed by atoms with E-state index in [4.69, 9.17) is 14.2 Å². The third-order valence-electron chi connectivity index (χ3n) is 7.71. The van der Waals surface area contributed by atoms with Gasteiger partial charge in [-0.1, -0.05) is 26.0 Å².